The van der Waals surface area contributed by atoms with Crippen LogP contribution in [0.4, 0.5) is 4.39 Å². The van der Waals surface area contributed by atoms with Gasteiger partial charge in [0.2, 0.25) is 10.0 Å². The van der Waals surface area contributed by atoms with Gasteiger partial charge in [-0.3, -0.25) is 9.48 Å². The van der Waals surface area contributed by atoms with Crippen LogP contribution in [0.25, 0.3) is 0 Å². The number of carbonyl (C=O) groups excluding carboxylic acids is 1. The molecule has 0 atom stereocenters. The molecule has 0 aliphatic carbocycles. The van der Waals surface area contributed by atoms with Crippen molar-refractivity contribution in [3.63, 3.8) is 0 Å². The number of carbonyl (C=O) groups is 1. The summed E-state index contributed by atoms with van der Waals surface area (Å²) >= 11 is 0. The lowest BCUT2D eigenvalue weighted by Crippen LogP contribution is -2.26. The first-order valence-corrected chi connectivity index (χ1v) is 10.8. The summed E-state index contributed by atoms with van der Waals surface area (Å²) in [6.45, 7) is 1.62. The van der Waals surface area contributed by atoms with E-state index in [0.29, 0.717) is 23.4 Å². The average molecular weight is 438 g/mol. The number of aromatic nitrogens is 2. The molecule has 0 aliphatic rings. The van der Waals surface area contributed by atoms with Crippen molar-refractivity contribution in [2.45, 2.75) is 24.8 Å². The second-order valence-corrected chi connectivity index (χ2v) is 9.42. The predicted molar refractivity (Wildman–Crippen MR) is 113 cm³/mol. The second-order valence-electron chi connectivity index (χ2n) is 7.26. The molecule has 164 valence electrons. The van der Waals surface area contributed by atoms with Crippen molar-refractivity contribution in [3.8, 4) is 0 Å². The molecule has 2 rings (SSSR count). The molecule has 1 aromatic heterocycles. The maximum atomic E-state index is 14.1. The quantitative estimate of drug-likeness (QED) is 0.675. The molecular formula is C20H28FN5O3S. The highest BCUT2D eigenvalue weighted by atomic mass is 32.2. The molecule has 30 heavy (non-hydrogen) atoms. The third-order valence-electron chi connectivity index (χ3n) is 4.58. The molecule has 0 fully saturated rings. The van der Waals surface area contributed by atoms with Crippen molar-refractivity contribution in [1.29, 1.82) is 0 Å². The molecule has 8 nitrogen and oxygen atoms in total. The Morgan fingerprint density at radius 2 is 1.80 bits per heavy atom. The third-order valence-corrected chi connectivity index (χ3v) is 6.41. The standard InChI is InChI=1S/C20H28FN5O3S/c1-14-18(12-15-6-8-17(9-7-15)30(28,29)25(4)5)19(20(27)24(2)3)26(23-14)13-16(21)10-11-22/h6-10H,11-13,22H2,1-5H3/b16-10-. The van der Waals surface area contributed by atoms with Crippen LogP contribution in [0.2, 0.25) is 0 Å². The number of nitrogens with zero attached hydrogens (tertiary/aromatic N) is 4. The van der Waals surface area contributed by atoms with Gasteiger partial charge >= 0.3 is 0 Å². The average Bonchev–Trinajstić information content (AvgIpc) is 2.96. The van der Waals surface area contributed by atoms with Crippen molar-refractivity contribution < 1.29 is 17.6 Å². The molecule has 1 aromatic carbocycles. The van der Waals surface area contributed by atoms with Crippen molar-refractivity contribution in [2.75, 3.05) is 34.7 Å². The highest BCUT2D eigenvalue weighted by molar-refractivity contribution is 7.89. The SMILES string of the molecule is Cc1nn(C/C(F)=C/CN)c(C(=O)N(C)C)c1Cc1ccc(S(=O)(=O)N(C)C)cc1. The van der Waals surface area contributed by atoms with Crippen molar-refractivity contribution in [1.82, 2.24) is 19.0 Å². The lowest BCUT2D eigenvalue weighted by atomic mass is 10.0. The van der Waals surface area contributed by atoms with Crippen LogP contribution < -0.4 is 5.73 Å². The fourth-order valence-electron chi connectivity index (χ4n) is 2.93. The Balaban J connectivity index is 2.45. The summed E-state index contributed by atoms with van der Waals surface area (Å²) in [4.78, 5) is 14.4. The van der Waals surface area contributed by atoms with Gasteiger partial charge in [-0.15, -0.1) is 0 Å². The van der Waals surface area contributed by atoms with Crippen LogP contribution in [0, 0.1) is 6.92 Å². The number of benzene rings is 1. The largest absolute Gasteiger partial charge is 0.343 e. The van der Waals surface area contributed by atoms with E-state index in [1.807, 2.05) is 0 Å². The Morgan fingerprint density at radius 1 is 1.20 bits per heavy atom. The van der Waals surface area contributed by atoms with Crippen LogP contribution in [-0.4, -0.2) is 68.0 Å². The zero-order valence-corrected chi connectivity index (χ0v) is 18.7. The lowest BCUT2D eigenvalue weighted by Gasteiger charge is -2.14. The van der Waals surface area contributed by atoms with Crippen LogP contribution in [0.5, 0.6) is 0 Å². The predicted octanol–water partition coefficient (Wildman–Crippen LogP) is 1.55. The Kier molecular flexibility index (Phi) is 7.51. The minimum Gasteiger partial charge on any atom is -0.343 e. The van der Waals surface area contributed by atoms with Gasteiger partial charge in [0.15, 0.2) is 0 Å². The van der Waals surface area contributed by atoms with Gasteiger partial charge < -0.3 is 10.6 Å². The molecule has 2 N–H and O–H groups in total. The molecule has 0 radical (unpaired) electrons. The summed E-state index contributed by atoms with van der Waals surface area (Å²) in [5.41, 5.74) is 7.73. The number of amides is 1. The van der Waals surface area contributed by atoms with Crippen molar-refractivity contribution in [2.24, 2.45) is 5.73 Å². The Morgan fingerprint density at radius 3 is 2.30 bits per heavy atom. The van der Waals surface area contributed by atoms with Crippen LogP contribution >= 0.6 is 0 Å². The van der Waals surface area contributed by atoms with E-state index in [2.05, 4.69) is 5.10 Å². The van der Waals surface area contributed by atoms with Gasteiger partial charge in [0.1, 0.15) is 11.5 Å². The summed E-state index contributed by atoms with van der Waals surface area (Å²) in [7, 11) is 2.65. The molecule has 0 aliphatic heterocycles. The highest BCUT2D eigenvalue weighted by Crippen LogP contribution is 2.22. The lowest BCUT2D eigenvalue weighted by molar-refractivity contribution is 0.0814. The molecule has 0 spiro atoms. The van der Waals surface area contributed by atoms with Crippen molar-refractivity contribution >= 4 is 15.9 Å². The number of rotatable bonds is 8. The zero-order chi connectivity index (χ0) is 22.6. The van der Waals surface area contributed by atoms with E-state index in [0.717, 1.165) is 9.87 Å². The van der Waals surface area contributed by atoms with E-state index in [4.69, 9.17) is 5.73 Å². The van der Waals surface area contributed by atoms with E-state index in [1.165, 1.54) is 41.9 Å². The molecule has 0 bridgehead atoms. The van der Waals surface area contributed by atoms with Gasteiger partial charge in [0, 0.05) is 46.7 Å². The van der Waals surface area contributed by atoms with E-state index in [-0.39, 0.29) is 23.9 Å². The number of aryl methyl sites for hydroxylation is 1. The molecule has 10 heteroatoms. The molecule has 2 aromatic rings. The summed E-state index contributed by atoms with van der Waals surface area (Å²) in [5.74, 6) is -0.768. The Bertz CT molecular complexity index is 1040. The van der Waals surface area contributed by atoms with Gasteiger partial charge in [-0.2, -0.15) is 5.10 Å². The summed E-state index contributed by atoms with van der Waals surface area (Å²) < 4.78 is 41.0. The number of sulfonamides is 1. The summed E-state index contributed by atoms with van der Waals surface area (Å²) in [6, 6.07) is 6.46. The van der Waals surface area contributed by atoms with Gasteiger partial charge in [0.25, 0.3) is 5.91 Å². The fraction of sp³-hybridized carbons (Fsp3) is 0.400. The van der Waals surface area contributed by atoms with Gasteiger partial charge in [-0.05, 0) is 30.7 Å². The third kappa shape index (κ3) is 5.13. The fourth-order valence-corrected chi connectivity index (χ4v) is 3.83. The molecule has 1 amide bonds. The first kappa shape index (κ1) is 23.7. The Hall–Kier alpha value is -2.56. The maximum Gasteiger partial charge on any atom is 0.271 e. The molecule has 0 saturated carbocycles. The molecule has 1 heterocycles. The number of hydrogen-bond acceptors (Lipinski definition) is 5. The number of nitrogens with two attached hydrogens (primary N) is 1. The van der Waals surface area contributed by atoms with Crippen LogP contribution in [-0.2, 0) is 23.0 Å². The first-order valence-electron chi connectivity index (χ1n) is 9.33. The molecular weight excluding hydrogens is 409 g/mol. The first-order chi connectivity index (χ1) is 14.0. The zero-order valence-electron chi connectivity index (χ0n) is 17.9. The van der Waals surface area contributed by atoms with Crippen LogP contribution in [0.1, 0.15) is 27.3 Å². The van der Waals surface area contributed by atoms with E-state index in [9.17, 15) is 17.6 Å². The normalized spacial score (nSPS) is 12.5. The molecule has 0 unspecified atom stereocenters. The monoisotopic (exact) mass is 437 g/mol. The topological polar surface area (TPSA) is 102 Å². The summed E-state index contributed by atoms with van der Waals surface area (Å²) in [6.07, 6.45) is 1.59. The van der Waals surface area contributed by atoms with Crippen LogP contribution in [0.3, 0.4) is 0 Å². The molecule has 0 saturated heterocycles. The van der Waals surface area contributed by atoms with Gasteiger partial charge in [-0.1, -0.05) is 12.1 Å². The van der Waals surface area contributed by atoms with Gasteiger partial charge in [-0.25, -0.2) is 17.1 Å². The van der Waals surface area contributed by atoms with E-state index in [1.54, 1.807) is 33.2 Å². The smallest absolute Gasteiger partial charge is 0.271 e. The van der Waals surface area contributed by atoms with Crippen molar-refractivity contribution in [3.05, 3.63) is 58.7 Å². The minimum atomic E-state index is -3.52. The number of hydrogen-bond donors (Lipinski definition) is 1. The maximum absolute atomic E-state index is 14.1. The Labute approximate surface area is 176 Å². The number of allylic oxidation sites excluding steroid dienone is 1. The summed E-state index contributed by atoms with van der Waals surface area (Å²) in [5, 5.41) is 4.36. The minimum absolute atomic E-state index is 0.0537. The van der Waals surface area contributed by atoms with Crippen LogP contribution in [0.15, 0.2) is 41.1 Å². The van der Waals surface area contributed by atoms with E-state index < -0.39 is 15.9 Å². The second kappa shape index (κ2) is 9.50. The van der Waals surface area contributed by atoms with Gasteiger partial charge in [0.05, 0.1) is 17.1 Å². The highest BCUT2D eigenvalue weighted by Gasteiger charge is 2.24. The van der Waals surface area contributed by atoms with E-state index >= 15 is 0 Å². The number of halogens is 1.